The quantitative estimate of drug-likeness (QED) is 0.692. The minimum Gasteiger partial charge on any atom is -0.494 e. The van der Waals surface area contributed by atoms with Crippen molar-refractivity contribution in [2.75, 3.05) is 17.2 Å². The predicted octanol–water partition coefficient (Wildman–Crippen LogP) is 3.83. The van der Waals surface area contributed by atoms with E-state index in [4.69, 9.17) is 4.74 Å². The fourth-order valence-corrected chi connectivity index (χ4v) is 3.40. The number of fused-ring (bicyclic) bond motifs is 1. The predicted molar refractivity (Wildman–Crippen MR) is 104 cm³/mol. The van der Waals surface area contributed by atoms with Gasteiger partial charge >= 0.3 is 0 Å². The van der Waals surface area contributed by atoms with Crippen molar-refractivity contribution in [2.45, 2.75) is 20.3 Å². The summed E-state index contributed by atoms with van der Waals surface area (Å²) in [7, 11) is 0. The number of anilines is 2. The Morgan fingerprint density at radius 3 is 2.58 bits per heavy atom. The molecule has 1 heterocycles. The van der Waals surface area contributed by atoms with Crippen LogP contribution in [-0.2, 0) is 16.0 Å². The van der Waals surface area contributed by atoms with Gasteiger partial charge in [0.15, 0.2) is 5.13 Å². The maximum absolute atomic E-state index is 12.2. The number of thiazole rings is 1. The summed E-state index contributed by atoms with van der Waals surface area (Å²) in [5.74, 6) is 0.533. The summed E-state index contributed by atoms with van der Waals surface area (Å²) < 4.78 is 6.29. The van der Waals surface area contributed by atoms with Gasteiger partial charge < -0.3 is 15.4 Å². The number of hydrogen-bond acceptors (Lipinski definition) is 5. The van der Waals surface area contributed by atoms with Crippen molar-refractivity contribution in [1.82, 2.24) is 4.98 Å². The molecule has 0 radical (unpaired) electrons. The Hall–Kier alpha value is -2.93. The van der Waals surface area contributed by atoms with Gasteiger partial charge in [0.2, 0.25) is 11.8 Å². The molecule has 6 nitrogen and oxygen atoms in total. The van der Waals surface area contributed by atoms with Crippen LogP contribution >= 0.6 is 11.3 Å². The number of hydrogen-bond donors (Lipinski definition) is 2. The summed E-state index contributed by atoms with van der Waals surface area (Å²) in [6, 6.07) is 12.9. The first-order valence-corrected chi connectivity index (χ1v) is 9.05. The van der Waals surface area contributed by atoms with Crippen molar-refractivity contribution in [2.24, 2.45) is 0 Å². The third kappa shape index (κ3) is 4.58. The second kappa shape index (κ2) is 7.97. The van der Waals surface area contributed by atoms with Crippen LogP contribution in [-0.4, -0.2) is 23.4 Å². The lowest BCUT2D eigenvalue weighted by Crippen LogP contribution is -2.14. The molecule has 2 aromatic carbocycles. The van der Waals surface area contributed by atoms with E-state index in [0.717, 1.165) is 21.5 Å². The molecule has 2 amide bonds. The summed E-state index contributed by atoms with van der Waals surface area (Å²) in [6.45, 7) is 4.00. The Kier molecular flexibility index (Phi) is 5.48. The molecule has 0 aliphatic carbocycles. The summed E-state index contributed by atoms with van der Waals surface area (Å²) in [4.78, 5) is 27.8. The van der Waals surface area contributed by atoms with Gasteiger partial charge in [0.1, 0.15) is 5.75 Å². The van der Waals surface area contributed by atoms with Crippen LogP contribution in [0.1, 0.15) is 19.4 Å². The van der Waals surface area contributed by atoms with E-state index in [1.807, 2.05) is 43.3 Å². The lowest BCUT2D eigenvalue weighted by atomic mass is 10.1. The molecule has 7 heteroatoms. The molecule has 0 aliphatic rings. The van der Waals surface area contributed by atoms with E-state index in [1.54, 1.807) is 6.07 Å². The number of amides is 2. The molecular weight excluding hydrogens is 350 g/mol. The van der Waals surface area contributed by atoms with E-state index >= 15 is 0 Å². The first kappa shape index (κ1) is 17.9. The van der Waals surface area contributed by atoms with Crippen LogP contribution in [0.4, 0.5) is 10.8 Å². The van der Waals surface area contributed by atoms with Gasteiger partial charge in [-0.1, -0.05) is 23.5 Å². The number of benzene rings is 2. The van der Waals surface area contributed by atoms with Gasteiger partial charge in [-0.05, 0) is 42.8 Å². The Morgan fingerprint density at radius 1 is 1.12 bits per heavy atom. The Balaban J connectivity index is 1.65. The first-order valence-electron chi connectivity index (χ1n) is 8.23. The van der Waals surface area contributed by atoms with Gasteiger partial charge in [-0.2, -0.15) is 0 Å². The van der Waals surface area contributed by atoms with Gasteiger partial charge in [0.05, 0.1) is 23.2 Å². The second-order valence-electron chi connectivity index (χ2n) is 5.68. The third-order valence-electron chi connectivity index (χ3n) is 3.55. The summed E-state index contributed by atoms with van der Waals surface area (Å²) >= 11 is 1.37. The number of ether oxygens (including phenoxy) is 1. The number of nitrogens with zero attached hydrogens (tertiary/aromatic N) is 1. The van der Waals surface area contributed by atoms with Gasteiger partial charge in [-0.25, -0.2) is 4.98 Å². The third-order valence-corrected chi connectivity index (χ3v) is 4.49. The molecule has 1 aromatic heterocycles. The summed E-state index contributed by atoms with van der Waals surface area (Å²) in [6.07, 6.45) is 0.263. The summed E-state index contributed by atoms with van der Waals surface area (Å²) in [5.41, 5.74) is 2.39. The maximum Gasteiger partial charge on any atom is 0.230 e. The van der Waals surface area contributed by atoms with E-state index in [1.165, 1.54) is 18.3 Å². The number of aromatic nitrogens is 1. The topological polar surface area (TPSA) is 80.3 Å². The molecule has 3 rings (SSSR count). The number of rotatable bonds is 6. The van der Waals surface area contributed by atoms with E-state index in [0.29, 0.717) is 17.4 Å². The zero-order chi connectivity index (χ0) is 18.5. The van der Waals surface area contributed by atoms with Crippen LogP contribution in [0.15, 0.2) is 42.5 Å². The van der Waals surface area contributed by atoms with Gasteiger partial charge in [-0.3, -0.25) is 9.59 Å². The van der Waals surface area contributed by atoms with Gasteiger partial charge in [0, 0.05) is 12.6 Å². The fourth-order valence-electron chi connectivity index (χ4n) is 2.48. The zero-order valence-corrected chi connectivity index (χ0v) is 15.4. The molecule has 0 saturated heterocycles. The van der Waals surface area contributed by atoms with E-state index in [2.05, 4.69) is 15.6 Å². The second-order valence-corrected chi connectivity index (χ2v) is 6.72. The van der Waals surface area contributed by atoms with Crippen molar-refractivity contribution in [3.05, 3.63) is 48.0 Å². The molecule has 0 bridgehead atoms. The number of carbonyl (C=O) groups excluding carboxylic acids is 2. The molecule has 0 aliphatic heterocycles. The molecule has 0 atom stereocenters. The molecule has 3 aromatic rings. The maximum atomic E-state index is 12.2. The van der Waals surface area contributed by atoms with Crippen molar-refractivity contribution in [3.63, 3.8) is 0 Å². The minimum absolute atomic E-state index is 0.127. The molecular formula is C19H19N3O3S. The SMILES string of the molecule is CCOc1ccc(CC(=O)Nc2nc3ccc(NC(C)=O)cc3s2)cc1. The molecule has 0 saturated carbocycles. The molecule has 134 valence electrons. The lowest BCUT2D eigenvalue weighted by molar-refractivity contribution is -0.116. The average molecular weight is 369 g/mol. The van der Waals surface area contributed by atoms with Crippen molar-refractivity contribution in [1.29, 1.82) is 0 Å². The van der Waals surface area contributed by atoms with Crippen LogP contribution in [0.5, 0.6) is 5.75 Å². The van der Waals surface area contributed by atoms with E-state index in [9.17, 15) is 9.59 Å². The monoisotopic (exact) mass is 369 g/mol. The van der Waals surface area contributed by atoms with Gasteiger partial charge in [0.25, 0.3) is 0 Å². The highest BCUT2D eigenvalue weighted by Gasteiger charge is 2.10. The molecule has 0 unspecified atom stereocenters. The van der Waals surface area contributed by atoms with Gasteiger partial charge in [-0.15, -0.1) is 0 Å². The smallest absolute Gasteiger partial charge is 0.230 e. The normalized spacial score (nSPS) is 10.5. The highest BCUT2D eigenvalue weighted by atomic mass is 32.1. The Labute approximate surface area is 155 Å². The Bertz CT molecular complexity index is 935. The average Bonchev–Trinajstić information content (AvgIpc) is 2.97. The number of nitrogens with one attached hydrogen (secondary N) is 2. The minimum atomic E-state index is -0.129. The molecule has 0 spiro atoms. The Morgan fingerprint density at radius 2 is 1.88 bits per heavy atom. The van der Waals surface area contributed by atoms with E-state index < -0.39 is 0 Å². The first-order chi connectivity index (χ1) is 12.5. The fraction of sp³-hybridized carbons (Fsp3) is 0.211. The van der Waals surface area contributed by atoms with Crippen LogP contribution in [0.3, 0.4) is 0 Å². The molecule has 2 N–H and O–H groups in total. The lowest BCUT2D eigenvalue weighted by Gasteiger charge is -2.05. The molecule has 0 fully saturated rings. The zero-order valence-electron chi connectivity index (χ0n) is 14.5. The van der Waals surface area contributed by atoms with E-state index in [-0.39, 0.29) is 18.2 Å². The highest BCUT2D eigenvalue weighted by molar-refractivity contribution is 7.22. The standard InChI is InChI=1S/C19H19N3O3S/c1-3-25-15-7-4-13(5-8-15)10-18(24)22-19-21-16-9-6-14(20-12(2)23)11-17(16)26-19/h4-9,11H,3,10H2,1-2H3,(H,20,23)(H,21,22,24). The van der Waals surface area contributed by atoms with Crippen molar-refractivity contribution < 1.29 is 14.3 Å². The van der Waals surface area contributed by atoms with Crippen LogP contribution in [0, 0.1) is 0 Å². The van der Waals surface area contributed by atoms with Crippen LogP contribution in [0.25, 0.3) is 10.2 Å². The molecule has 26 heavy (non-hydrogen) atoms. The highest BCUT2D eigenvalue weighted by Crippen LogP contribution is 2.28. The summed E-state index contributed by atoms with van der Waals surface area (Å²) in [5, 5.41) is 6.10. The largest absolute Gasteiger partial charge is 0.494 e. The van der Waals surface area contributed by atoms with Crippen molar-refractivity contribution in [3.8, 4) is 5.75 Å². The van der Waals surface area contributed by atoms with Crippen molar-refractivity contribution >= 4 is 44.2 Å². The van der Waals surface area contributed by atoms with Crippen LogP contribution < -0.4 is 15.4 Å². The number of carbonyl (C=O) groups is 2. The van der Waals surface area contributed by atoms with Crippen LogP contribution in [0.2, 0.25) is 0 Å².